The van der Waals surface area contributed by atoms with Gasteiger partial charge in [-0.15, -0.1) is 0 Å². The van der Waals surface area contributed by atoms with Crippen LogP contribution in [0.5, 0.6) is 0 Å². The molecule has 1 saturated heterocycles. The molecule has 0 aromatic heterocycles. The zero-order valence-electron chi connectivity index (χ0n) is 14.6. The maximum atomic E-state index is 6.50. The fraction of sp³-hybridized carbons (Fsp3) is 1.00. The second-order valence-electron chi connectivity index (χ2n) is 9.71. The second kappa shape index (κ2) is 4.30. The predicted molar refractivity (Wildman–Crippen MR) is 86.6 cm³/mol. The average Bonchev–Trinajstić information content (AvgIpc) is 3.05. The Morgan fingerprint density at radius 3 is 2.68 bits per heavy atom. The highest BCUT2D eigenvalue weighted by Gasteiger charge is 2.75. The SMILES string of the molecule is CO[C@@H]1CC[C@]2(C)[C@@H]3CC[C@]4(C)CCC[C@H]4[C@@H]3C[C@@H]3O[C@@]32C1. The van der Waals surface area contributed by atoms with Crippen LogP contribution in [0.2, 0.25) is 0 Å². The van der Waals surface area contributed by atoms with Crippen molar-refractivity contribution >= 4 is 0 Å². The van der Waals surface area contributed by atoms with E-state index in [0.29, 0.717) is 23.0 Å². The van der Waals surface area contributed by atoms with Crippen LogP contribution in [0, 0.1) is 28.6 Å². The first-order valence-electron chi connectivity index (χ1n) is 9.73. The summed E-state index contributed by atoms with van der Waals surface area (Å²) >= 11 is 0. The van der Waals surface area contributed by atoms with Gasteiger partial charge in [0.05, 0.1) is 12.2 Å². The smallest absolute Gasteiger partial charge is 0.103 e. The third kappa shape index (κ3) is 1.55. The zero-order valence-corrected chi connectivity index (χ0v) is 14.6. The normalized spacial score (nSPS) is 62.6. The van der Waals surface area contributed by atoms with E-state index in [1.54, 1.807) is 0 Å². The van der Waals surface area contributed by atoms with Crippen LogP contribution in [0.4, 0.5) is 0 Å². The molecule has 0 radical (unpaired) electrons. The minimum atomic E-state index is 0.194. The van der Waals surface area contributed by atoms with E-state index in [1.807, 2.05) is 7.11 Å². The van der Waals surface area contributed by atoms with Crippen LogP contribution in [0.25, 0.3) is 0 Å². The van der Waals surface area contributed by atoms with Crippen LogP contribution >= 0.6 is 0 Å². The average molecular weight is 304 g/mol. The van der Waals surface area contributed by atoms with Crippen molar-refractivity contribution in [2.45, 2.75) is 89.4 Å². The Morgan fingerprint density at radius 1 is 1.00 bits per heavy atom. The van der Waals surface area contributed by atoms with Crippen molar-refractivity contribution < 1.29 is 9.47 Å². The van der Waals surface area contributed by atoms with Gasteiger partial charge in [-0.05, 0) is 68.1 Å². The largest absolute Gasteiger partial charge is 0.381 e. The maximum absolute atomic E-state index is 6.50. The van der Waals surface area contributed by atoms with Crippen LogP contribution in [-0.4, -0.2) is 24.9 Å². The summed E-state index contributed by atoms with van der Waals surface area (Å²) in [5.74, 6) is 2.86. The Balaban J connectivity index is 1.49. The second-order valence-corrected chi connectivity index (χ2v) is 9.71. The quantitative estimate of drug-likeness (QED) is 0.662. The topological polar surface area (TPSA) is 21.8 Å². The van der Waals surface area contributed by atoms with Crippen molar-refractivity contribution in [3.05, 3.63) is 0 Å². The van der Waals surface area contributed by atoms with Gasteiger partial charge in [0.2, 0.25) is 0 Å². The molecular formula is C20H32O2. The van der Waals surface area contributed by atoms with Crippen molar-refractivity contribution in [3.63, 3.8) is 0 Å². The summed E-state index contributed by atoms with van der Waals surface area (Å²) in [6.45, 7) is 5.19. The highest BCUT2D eigenvalue weighted by atomic mass is 16.6. The van der Waals surface area contributed by atoms with E-state index in [1.165, 1.54) is 51.4 Å². The Morgan fingerprint density at radius 2 is 1.86 bits per heavy atom. The van der Waals surface area contributed by atoms with Gasteiger partial charge in [-0.1, -0.05) is 20.3 Å². The Kier molecular flexibility index (Phi) is 2.79. The number of rotatable bonds is 1. The molecule has 22 heavy (non-hydrogen) atoms. The highest BCUT2D eigenvalue weighted by molar-refractivity contribution is 5.23. The molecule has 0 unspecified atom stereocenters. The molecule has 2 nitrogen and oxygen atoms in total. The molecule has 124 valence electrons. The lowest BCUT2D eigenvalue weighted by atomic mass is 9.45. The summed E-state index contributed by atoms with van der Waals surface area (Å²) in [5.41, 5.74) is 1.29. The Labute approximate surface area is 135 Å². The predicted octanol–water partition coefficient (Wildman–Crippen LogP) is 4.57. The number of hydrogen-bond acceptors (Lipinski definition) is 2. The van der Waals surface area contributed by atoms with E-state index >= 15 is 0 Å². The fourth-order valence-electron chi connectivity index (χ4n) is 7.83. The summed E-state index contributed by atoms with van der Waals surface area (Å²) in [6, 6.07) is 0. The van der Waals surface area contributed by atoms with Crippen molar-refractivity contribution in [3.8, 4) is 0 Å². The van der Waals surface area contributed by atoms with Gasteiger partial charge in [0.25, 0.3) is 0 Å². The summed E-state index contributed by atoms with van der Waals surface area (Å²) in [5, 5.41) is 0. The standard InChI is InChI=1S/C20H32O2/c1-18-8-4-5-15(18)14-11-17-20(22-17)12-13(21-3)6-10-19(20,2)16(14)7-9-18/h13-17H,4-12H2,1-3H3/t13-,14+,15+,16-,17+,18+,19-,20+/m1/s1. The van der Waals surface area contributed by atoms with Crippen molar-refractivity contribution in [2.75, 3.05) is 7.11 Å². The molecule has 0 N–H and O–H groups in total. The van der Waals surface area contributed by atoms with Crippen LogP contribution in [0.15, 0.2) is 0 Å². The molecule has 5 rings (SSSR count). The Bertz CT molecular complexity index is 490. The molecule has 0 aromatic carbocycles. The van der Waals surface area contributed by atoms with Crippen LogP contribution in [0.1, 0.15) is 71.6 Å². The molecule has 1 aliphatic heterocycles. The number of ether oxygens (including phenoxy) is 2. The molecule has 2 heteroatoms. The molecule has 8 atom stereocenters. The van der Waals surface area contributed by atoms with Gasteiger partial charge in [-0.25, -0.2) is 0 Å². The van der Waals surface area contributed by atoms with Crippen molar-refractivity contribution in [1.82, 2.24) is 0 Å². The molecule has 4 aliphatic carbocycles. The molecular weight excluding hydrogens is 272 g/mol. The number of epoxide rings is 1. The van der Waals surface area contributed by atoms with Gasteiger partial charge < -0.3 is 9.47 Å². The van der Waals surface area contributed by atoms with Crippen molar-refractivity contribution in [2.24, 2.45) is 28.6 Å². The van der Waals surface area contributed by atoms with E-state index in [-0.39, 0.29) is 5.60 Å². The summed E-state index contributed by atoms with van der Waals surface area (Å²) < 4.78 is 12.2. The van der Waals surface area contributed by atoms with Gasteiger partial charge in [-0.3, -0.25) is 0 Å². The van der Waals surface area contributed by atoms with E-state index in [4.69, 9.17) is 9.47 Å². The molecule has 5 fully saturated rings. The van der Waals surface area contributed by atoms with Crippen LogP contribution in [-0.2, 0) is 9.47 Å². The van der Waals surface area contributed by atoms with Crippen molar-refractivity contribution in [1.29, 1.82) is 0 Å². The lowest BCUT2D eigenvalue weighted by Gasteiger charge is -2.58. The maximum Gasteiger partial charge on any atom is 0.103 e. The third-order valence-corrected chi connectivity index (χ3v) is 9.15. The molecule has 4 saturated carbocycles. The zero-order chi connectivity index (χ0) is 15.2. The fourth-order valence-corrected chi connectivity index (χ4v) is 7.83. The van der Waals surface area contributed by atoms with E-state index in [0.717, 1.165) is 24.2 Å². The van der Waals surface area contributed by atoms with Gasteiger partial charge >= 0.3 is 0 Å². The number of hydrogen-bond donors (Lipinski definition) is 0. The Hall–Kier alpha value is -0.0800. The first kappa shape index (κ1) is 14.3. The number of methoxy groups -OCH3 is 1. The first-order chi connectivity index (χ1) is 10.5. The molecule has 0 amide bonds. The molecule has 0 bridgehead atoms. The third-order valence-electron chi connectivity index (χ3n) is 9.15. The lowest BCUT2D eigenvalue weighted by Crippen LogP contribution is -2.58. The van der Waals surface area contributed by atoms with Crippen LogP contribution in [0.3, 0.4) is 0 Å². The molecule has 0 aromatic rings. The molecule has 5 aliphatic rings. The number of fused-ring (bicyclic) bond motifs is 4. The van der Waals surface area contributed by atoms with Gasteiger partial charge in [-0.2, -0.15) is 0 Å². The lowest BCUT2D eigenvalue weighted by molar-refractivity contribution is -0.113. The molecule has 1 spiro atoms. The minimum Gasteiger partial charge on any atom is -0.381 e. The summed E-state index contributed by atoms with van der Waals surface area (Å²) in [6.07, 6.45) is 13.5. The van der Waals surface area contributed by atoms with Gasteiger partial charge in [0.15, 0.2) is 0 Å². The van der Waals surface area contributed by atoms with Gasteiger partial charge in [0, 0.05) is 18.9 Å². The highest BCUT2D eigenvalue weighted by Crippen LogP contribution is 2.73. The summed E-state index contributed by atoms with van der Waals surface area (Å²) in [4.78, 5) is 0. The van der Waals surface area contributed by atoms with Gasteiger partial charge in [0.1, 0.15) is 5.60 Å². The summed E-state index contributed by atoms with van der Waals surface area (Å²) in [7, 11) is 1.89. The minimum absolute atomic E-state index is 0.194. The first-order valence-corrected chi connectivity index (χ1v) is 9.73. The molecule has 1 heterocycles. The monoisotopic (exact) mass is 304 g/mol. The van der Waals surface area contributed by atoms with E-state index < -0.39 is 0 Å². The van der Waals surface area contributed by atoms with Crippen LogP contribution < -0.4 is 0 Å². The van der Waals surface area contributed by atoms with E-state index in [9.17, 15) is 0 Å². The van der Waals surface area contributed by atoms with E-state index in [2.05, 4.69) is 13.8 Å².